The molecule has 180 valence electrons. The SMILES string of the molecule is Cc1cccc(CN(C(=O)CN(c2cccc(Br)c2)S(C)(=O)=O)C(C)C(=O)NCC(C)C)c1. The van der Waals surface area contributed by atoms with Gasteiger partial charge in [0, 0.05) is 17.6 Å². The fraction of sp³-hybridized carbons (Fsp3) is 0.417. The van der Waals surface area contributed by atoms with E-state index in [1.165, 1.54) is 4.90 Å². The van der Waals surface area contributed by atoms with Gasteiger partial charge in [0.2, 0.25) is 21.8 Å². The normalized spacial score (nSPS) is 12.3. The summed E-state index contributed by atoms with van der Waals surface area (Å²) >= 11 is 3.34. The van der Waals surface area contributed by atoms with E-state index in [0.717, 1.165) is 21.7 Å². The average Bonchev–Trinajstić information content (AvgIpc) is 2.72. The van der Waals surface area contributed by atoms with Crippen LogP contribution in [0.4, 0.5) is 5.69 Å². The lowest BCUT2D eigenvalue weighted by Gasteiger charge is -2.31. The maximum atomic E-state index is 13.5. The highest BCUT2D eigenvalue weighted by Gasteiger charge is 2.30. The Labute approximate surface area is 205 Å². The van der Waals surface area contributed by atoms with Gasteiger partial charge < -0.3 is 10.2 Å². The molecule has 1 unspecified atom stereocenters. The van der Waals surface area contributed by atoms with E-state index in [4.69, 9.17) is 0 Å². The highest BCUT2D eigenvalue weighted by atomic mass is 79.9. The molecule has 0 radical (unpaired) electrons. The molecule has 9 heteroatoms. The van der Waals surface area contributed by atoms with E-state index in [-0.39, 0.29) is 18.4 Å². The number of aryl methyl sites for hydroxylation is 1. The molecule has 1 N–H and O–H groups in total. The van der Waals surface area contributed by atoms with Crippen LogP contribution in [0.3, 0.4) is 0 Å². The minimum Gasteiger partial charge on any atom is -0.354 e. The minimum atomic E-state index is -3.75. The molecule has 7 nitrogen and oxygen atoms in total. The summed E-state index contributed by atoms with van der Waals surface area (Å²) in [4.78, 5) is 27.7. The first kappa shape index (κ1) is 26.9. The lowest BCUT2D eigenvalue weighted by atomic mass is 10.1. The molecule has 0 aromatic heterocycles. The first-order valence-corrected chi connectivity index (χ1v) is 13.4. The molecular formula is C24H32BrN3O4S. The van der Waals surface area contributed by atoms with Crippen molar-refractivity contribution in [1.82, 2.24) is 10.2 Å². The lowest BCUT2D eigenvalue weighted by Crippen LogP contribution is -2.51. The average molecular weight is 539 g/mol. The largest absolute Gasteiger partial charge is 0.354 e. The van der Waals surface area contributed by atoms with Crippen LogP contribution < -0.4 is 9.62 Å². The number of carbonyl (C=O) groups excluding carboxylic acids is 2. The number of rotatable bonds is 10. The van der Waals surface area contributed by atoms with Crippen molar-refractivity contribution in [2.75, 3.05) is 23.7 Å². The standard InChI is InChI=1S/C24H32BrN3O4S/c1-17(2)14-26-24(30)19(4)27(15-20-9-6-8-18(3)12-20)23(29)16-28(33(5,31)32)22-11-7-10-21(25)13-22/h6-13,17,19H,14-16H2,1-5H3,(H,26,30). The zero-order chi connectivity index (χ0) is 24.8. The van der Waals surface area contributed by atoms with Gasteiger partial charge in [-0.25, -0.2) is 8.42 Å². The number of anilines is 1. The second kappa shape index (κ2) is 11.7. The van der Waals surface area contributed by atoms with Crippen LogP contribution in [-0.4, -0.2) is 50.5 Å². The lowest BCUT2D eigenvalue weighted by molar-refractivity contribution is -0.139. The number of amides is 2. The Bertz CT molecular complexity index is 1090. The number of nitrogens with zero attached hydrogens (tertiary/aromatic N) is 2. The summed E-state index contributed by atoms with van der Waals surface area (Å²) in [5.74, 6) is -0.480. The molecule has 0 saturated heterocycles. The smallest absolute Gasteiger partial charge is 0.244 e. The summed E-state index contributed by atoms with van der Waals surface area (Å²) in [5.41, 5.74) is 2.26. The van der Waals surface area contributed by atoms with Crippen LogP contribution in [0.25, 0.3) is 0 Å². The van der Waals surface area contributed by atoms with Crippen LogP contribution in [0.5, 0.6) is 0 Å². The van der Waals surface area contributed by atoms with E-state index in [2.05, 4.69) is 21.2 Å². The number of hydrogen-bond donors (Lipinski definition) is 1. The Morgan fingerprint density at radius 2 is 1.73 bits per heavy atom. The molecule has 0 aliphatic rings. The molecule has 0 saturated carbocycles. The van der Waals surface area contributed by atoms with Crippen LogP contribution >= 0.6 is 15.9 Å². The van der Waals surface area contributed by atoms with Crippen LogP contribution in [0, 0.1) is 12.8 Å². The van der Waals surface area contributed by atoms with Crippen molar-refractivity contribution in [1.29, 1.82) is 0 Å². The second-order valence-electron chi connectivity index (χ2n) is 8.58. The number of nitrogens with one attached hydrogen (secondary N) is 1. The number of hydrogen-bond acceptors (Lipinski definition) is 4. The van der Waals surface area contributed by atoms with Crippen molar-refractivity contribution in [3.63, 3.8) is 0 Å². The quantitative estimate of drug-likeness (QED) is 0.500. The number of benzene rings is 2. The first-order valence-electron chi connectivity index (χ1n) is 10.7. The zero-order valence-electron chi connectivity index (χ0n) is 19.7. The summed E-state index contributed by atoms with van der Waals surface area (Å²) in [7, 11) is -3.75. The highest BCUT2D eigenvalue weighted by Crippen LogP contribution is 2.23. The summed E-state index contributed by atoms with van der Waals surface area (Å²) in [6.45, 7) is 7.85. The third-order valence-corrected chi connectivity index (χ3v) is 6.70. The highest BCUT2D eigenvalue weighted by molar-refractivity contribution is 9.10. The van der Waals surface area contributed by atoms with Gasteiger partial charge in [0.25, 0.3) is 0 Å². The van der Waals surface area contributed by atoms with Crippen molar-refractivity contribution in [3.8, 4) is 0 Å². The third-order valence-electron chi connectivity index (χ3n) is 5.06. The molecule has 2 aromatic carbocycles. The Balaban J connectivity index is 2.36. The molecule has 0 fully saturated rings. The van der Waals surface area contributed by atoms with Gasteiger partial charge in [0.05, 0.1) is 11.9 Å². The van der Waals surface area contributed by atoms with E-state index >= 15 is 0 Å². The minimum absolute atomic E-state index is 0.187. The second-order valence-corrected chi connectivity index (χ2v) is 11.4. The van der Waals surface area contributed by atoms with Crippen molar-refractivity contribution >= 4 is 43.5 Å². The van der Waals surface area contributed by atoms with Gasteiger partial charge in [-0.1, -0.05) is 65.7 Å². The fourth-order valence-electron chi connectivity index (χ4n) is 3.29. The van der Waals surface area contributed by atoms with E-state index in [1.807, 2.05) is 45.0 Å². The zero-order valence-corrected chi connectivity index (χ0v) is 22.1. The molecule has 0 bridgehead atoms. The summed E-state index contributed by atoms with van der Waals surface area (Å²) < 4.78 is 26.8. The van der Waals surface area contributed by atoms with Gasteiger partial charge >= 0.3 is 0 Å². The number of sulfonamides is 1. The van der Waals surface area contributed by atoms with Gasteiger partial charge in [0.15, 0.2) is 0 Å². The van der Waals surface area contributed by atoms with Crippen LogP contribution in [-0.2, 0) is 26.2 Å². The van der Waals surface area contributed by atoms with Crippen LogP contribution in [0.1, 0.15) is 31.9 Å². The maximum absolute atomic E-state index is 13.5. The van der Waals surface area contributed by atoms with Crippen molar-refractivity contribution in [3.05, 3.63) is 64.1 Å². The monoisotopic (exact) mass is 537 g/mol. The fourth-order valence-corrected chi connectivity index (χ4v) is 4.52. The molecule has 0 aliphatic heterocycles. The third kappa shape index (κ3) is 8.16. The van der Waals surface area contributed by atoms with Gasteiger partial charge in [-0.05, 0) is 43.5 Å². The molecule has 2 rings (SSSR count). The molecule has 1 atom stereocenters. The van der Waals surface area contributed by atoms with Crippen molar-refractivity contribution in [2.45, 2.75) is 40.3 Å². The van der Waals surface area contributed by atoms with E-state index in [1.54, 1.807) is 31.2 Å². The Morgan fingerprint density at radius 3 is 2.30 bits per heavy atom. The molecule has 0 spiro atoms. The van der Waals surface area contributed by atoms with Gasteiger partial charge in [-0.3, -0.25) is 13.9 Å². The molecule has 0 aliphatic carbocycles. The predicted octanol–water partition coefficient (Wildman–Crippen LogP) is 3.71. The molecule has 33 heavy (non-hydrogen) atoms. The van der Waals surface area contributed by atoms with E-state index < -0.39 is 28.5 Å². The predicted molar refractivity (Wildman–Crippen MR) is 135 cm³/mol. The van der Waals surface area contributed by atoms with E-state index in [0.29, 0.717) is 16.7 Å². The summed E-state index contributed by atoms with van der Waals surface area (Å²) in [6, 6.07) is 13.6. The van der Waals surface area contributed by atoms with Crippen molar-refractivity contribution in [2.24, 2.45) is 5.92 Å². The molecule has 2 amide bonds. The van der Waals surface area contributed by atoms with Gasteiger partial charge in [-0.2, -0.15) is 0 Å². The van der Waals surface area contributed by atoms with E-state index in [9.17, 15) is 18.0 Å². The summed E-state index contributed by atoms with van der Waals surface area (Å²) in [6.07, 6.45) is 1.06. The van der Waals surface area contributed by atoms with Gasteiger partial charge in [-0.15, -0.1) is 0 Å². The molecular weight excluding hydrogens is 506 g/mol. The van der Waals surface area contributed by atoms with Gasteiger partial charge in [0.1, 0.15) is 12.6 Å². The number of halogens is 1. The topological polar surface area (TPSA) is 86.8 Å². The Hall–Kier alpha value is -2.39. The van der Waals surface area contributed by atoms with Crippen LogP contribution in [0.2, 0.25) is 0 Å². The van der Waals surface area contributed by atoms with Crippen molar-refractivity contribution < 1.29 is 18.0 Å². The first-order chi connectivity index (χ1) is 15.4. The Kier molecular flexibility index (Phi) is 9.48. The number of carbonyl (C=O) groups is 2. The molecule has 2 aromatic rings. The Morgan fingerprint density at radius 1 is 1.06 bits per heavy atom. The molecule has 0 heterocycles. The maximum Gasteiger partial charge on any atom is 0.244 e. The summed E-state index contributed by atoms with van der Waals surface area (Å²) in [5, 5.41) is 2.87. The van der Waals surface area contributed by atoms with Crippen LogP contribution in [0.15, 0.2) is 53.0 Å².